The van der Waals surface area contributed by atoms with Crippen LogP contribution in [0.2, 0.25) is 0 Å². The van der Waals surface area contributed by atoms with Crippen molar-refractivity contribution in [3.8, 4) is 0 Å². The maximum absolute atomic E-state index is 12.7. The molecular weight excluding hydrogens is 308 g/mol. The summed E-state index contributed by atoms with van der Waals surface area (Å²) in [5.41, 5.74) is 0.423. The molecule has 0 saturated carbocycles. The number of amides is 1. The summed E-state index contributed by atoms with van der Waals surface area (Å²) >= 11 is 0. The molecule has 1 atom stereocenters. The number of hydrogen-bond donors (Lipinski definition) is 0. The molecule has 0 spiro atoms. The smallest absolute Gasteiger partial charge is 0.276 e. The molecule has 0 aromatic carbocycles. The second kappa shape index (κ2) is 8.09. The van der Waals surface area contributed by atoms with Crippen molar-refractivity contribution in [3.63, 3.8) is 0 Å². The van der Waals surface area contributed by atoms with Crippen LogP contribution in [0.1, 0.15) is 29.6 Å². The van der Waals surface area contributed by atoms with E-state index in [1.165, 1.54) is 0 Å². The van der Waals surface area contributed by atoms with E-state index < -0.39 is 0 Å². The quantitative estimate of drug-likeness (QED) is 0.770. The molecule has 2 saturated heterocycles. The van der Waals surface area contributed by atoms with Crippen molar-refractivity contribution in [2.45, 2.75) is 19.9 Å². The maximum Gasteiger partial charge on any atom is 0.276 e. The Kier molecular flexibility index (Phi) is 5.86. The molecule has 2 aliphatic heterocycles. The normalized spacial score (nSPS) is 22.8. The number of ether oxygens (including phenoxy) is 1. The van der Waals surface area contributed by atoms with Gasteiger partial charge in [-0.2, -0.15) is 0 Å². The first-order valence-corrected chi connectivity index (χ1v) is 8.89. The van der Waals surface area contributed by atoms with Crippen LogP contribution in [0.15, 0.2) is 10.6 Å². The van der Waals surface area contributed by atoms with Crippen LogP contribution in [-0.2, 0) is 11.3 Å². The minimum absolute atomic E-state index is 0.0240. The van der Waals surface area contributed by atoms with E-state index in [4.69, 9.17) is 9.26 Å². The largest absolute Gasteiger partial charge is 0.379 e. The van der Waals surface area contributed by atoms with Gasteiger partial charge in [0.25, 0.3) is 5.91 Å². The number of likely N-dealkylation sites (tertiary alicyclic amines) is 1. The molecule has 1 amide bonds. The topological polar surface area (TPSA) is 62.0 Å². The molecule has 1 aromatic heterocycles. The van der Waals surface area contributed by atoms with Gasteiger partial charge in [-0.25, -0.2) is 0 Å². The predicted molar refractivity (Wildman–Crippen MR) is 89.8 cm³/mol. The lowest BCUT2D eigenvalue weighted by atomic mass is 10.1. The average Bonchev–Trinajstić information content (AvgIpc) is 3.22. The fraction of sp³-hybridized carbons (Fsp3) is 0.765. The number of nitrogens with zero attached hydrogens (tertiary/aromatic N) is 4. The Labute approximate surface area is 143 Å². The van der Waals surface area contributed by atoms with Crippen molar-refractivity contribution in [3.05, 3.63) is 17.5 Å². The van der Waals surface area contributed by atoms with Crippen LogP contribution >= 0.6 is 0 Å². The highest BCUT2D eigenvalue weighted by molar-refractivity contribution is 5.92. The number of aromatic nitrogens is 1. The van der Waals surface area contributed by atoms with Gasteiger partial charge in [0, 0.05) is 38.8 Å². The zero-order chi connectivity index (χ0) is 16.9. The molecule has 2 fully saturated rings. The van der Waals surface area contributed by atoms with Crippen LogP contribution in [-0.4, -0.2) is 85.3 Å². The number of carbonyl (C=O) groups excluding carboxylic acids is 1. The average molecular weight is 336 g/mol. The SMILES string of the molecule is CCN(C[C@@H]1CCN(C)C1)C(=O)c1cc(CN2CCOCC2)on1. The lowest BCUT2D eigenvalue weighted by molar-refractivity contribution is 0.0305. The van der Waals surface area contributed by atoms with Crippen LogP contribution < -0.4 is 0 Å². The first kappa shape index (κ1) is 17.4. The molecule has 3 rings (SSSR count). The van der Waals surface area contributed by atoms with Crippen molar-refractivity contribution in [2.75, 3.05) is 59.5 Å². The molecule has 0 N–H and O–H groups in total. The third-order valence-electron chi connectivity index (χ3n) is 4.90. The van der Waals surface area contributed by atoms with Gasteiger partial charge < -0.3 is 19.1 Å². The fourth-order valence-electron chi connectivity index (χ4n) is 3.47. The Hall–Kier alpha value is -1.44. The molecule has 0 radical (unpaired) electrons. The third-order valence-corrected chi connectivity index (χ3v) is 4.90. The van der Waals surface area contributed by atoms with Crippen molar-refractivity contribution in [2.24, 2.45) is 5.92 Å². The van der Waals surface area contributed by atoms with Gasteiger partial charge in [-0.3, -0.25) is 9.69 Å². The van der Waals surface area contributed by atoms with E-state index in [2.05, 4.69) is 22.0 Å². The molecule has 0 bridgehead atoms. The molecule has 0 unspecified atom stereocenters. The van der Waals surface area contributed by atoms with Gasteiger partial charge >= 0.3 is 0 Å². The molecule has 7 nitrogen and oxygen atoms in total. The Bertz CT molecular complexity index is 542. The van der Waals surface area contributed by atoms with Crippen molar-refractivity contribution < 1.29 is 14.1 Å². The lowest BCUT2D eigenvalue weighted by Crippen LogP contribution is -2.36. The highest BCUT2D eigenvalue weighted by atomic mass is 16.5. The number of rotatable bonds is 6. The molecule has 0 aliphatic carbocycles. The summed E-state index contributed by atoms with van der Waals surface area (Å²) < 4.78 is 10.7. The summed E-state index contributed by atoms with van der Waals surface area (Å²) in [4.78, 5) is 19.2. The maximum atomic E-state index is 12.7. The Morgan fingerprint density at radius 2 is 2.17 bits per heavy atom. The second-order valence-corrected chi connectivity index (χ2v) is 6.83. The van der Waals surface area contributed by atoms with E-state index in [1.54, 1.807) is 6.07 Å². The van der Waals surface area contributed by atoms with E-state index in [0.717, 1.165) is 58.1 Å². The first-order chi connectivity index (χ1) is 11.7. The minimum atomic E-state index is -0.0240. The van der Waals surface area contributed by atoms with Gasteiger partial charge in [0.1, 0.15) is 0 Å². The standard InChI is InChI=1S/C17H28N4O3/c1-3-21(12-14-4-5-19(2)11-14)17(22)16-10-15(24-18-16)13-20-6-8-23-9-7-20/h10,14H,3-9,11-13H2,1-2H3/t14-/m1/s1. The molecular formula is C17H28N4O3. The van der Waals surface area contributed by atoms with E-state index in [1.807, 2.05) is 11.8 Å². The summed E-state index contributed by atoms with van der Waals surface area (Å²) in [5, 5.41) is 4.01. The van der Waals surface area contributed by atoms with Gasteiger partial charge in [0.15, 0.2) is 11.5 Å². The highest BCUT2D eigenvalue weighted by Gasteiger charge is 2.26. The number of morpholine rings is 1. The van der Waals surface area contributed by atoms with Gasteiger partial charge in [-0.05, 0) is 32.9 Å². The Balaban J connectivity index is 1.56. The van der Waals surface area contributed by atoms with E-state index in [0.29, 0.717) is 24.7 Å². The van der Waals surface area contributed by atoms with E-state index >= 15 is 0 Å². The summed E-state index contributed by atoms with van der Waals surface area (Å²) in [7, 11) is 2.13. The first-order valence-electron chi connectivity index (χ1n) is 8.89. The zero-order valence-electron chi connectivity index (χ0n) is 14.7. The molecule has 134 valence electrons. The number of hydrogen-bond acceptors (Lipinski definition) is 6. The van der Waals surface area contributed by atoms with Crippen LogP contribution in [0.25, 0.3) is 0 Å². The van der Waals surface area contributed by atoms with Crippen LogP contribution in [0.4, 0.5) is 0 Å². The molecule has 1 aromatic rings. The summed E-state index contributed by atoms with van der Waals surface area (Å²) in [5.74, 6) is 1.28. The second-order valence-electron chi connectivity index (χ2n) is 6.83. The van der Waals surface area contributed by atoms with Crippen LogP contribution in [0.3, 0.4) is 0 Å². The Morgan fingerprint density at radius 1 is 1.38 bits per heavy atom. The van der Waals surface area contributed by atoms with Crippen molar-refractivity contribution in [1.82, 2.24) is 19.9 Å². The molecule has 24 heavy (non-hydrogen) atoms. The third kappa shape index (κ3) is 4.34. The van der Waals surface area contributed by atoms with Gasteiger partial charge in [0.2, 0.25) is 0 Å². The van der Waals surface area contributed by atoms with Crippen LogP contribution in [0, 0.1) is 5.92 Å². The molecule has 3 heterocycles. The van der Waals surface area contributed by atoms with Gasteiger partial charge in [0.05, 0.1) is 19.8 Å². The number of carbonyl (C=O) groups is 1. The molecule has 2 aliphatic rings. The molecule has 7 heteroatoms. The van der Waals surface area contributed by atoms with Gasteiger partial charge in [-0.15, -0.1) is 0 Å². The predicted octanol–water partition coefficient (Wildman–Crippen LogP) is 0.921. The fourth-order valence-corrected chi connectivity index (χ4v) is 3.47. The Morgan fingerprint density at radius 3 is 2.83 bits per heavy atom. The zero-order valence-corrected chi connectivity index (χ0v) is 14.7. The van der Waals surface area contributed by atoms with Gasteiger partial charge in [-0.1, -0.05) is 5.16 Å². The van der Waals surface area contributed by atoms with E-state index in [-0.39, 0.29) is 5.91 Å². The summed E-state index contributed by atoms with van der Waals surface area (Å²) in [6.07, 6.45) is 1.15. The summed E-state index contributed by atoms with van der Waals surface area (Å²) in [6.45, 7) is 9.65. The van der Waals surface area contributed by atoms with Crippen molar-refractivity contribution >= 4 is 5.91 Å². The van der Waals surface area contributed by atoms with Crippen LogP contribution in [0.5, 0.6) is 0 Å². The van der Waals surface area contributed by atoms with E-state index in [9.17, 15) is 4.79 Å². The summed E-state index contributed by atoms with van der Waals surface area (Å²) in [6, 6.07) is 1.79. The highest BCUT2D eigenvalue weighted by Crippen LogP contribution is 2.17. The lowest BCUT2D eigenvalue weighted by Gasteiger charge is -2.25. The minimum Gasteiger partial charge on any atom is -0.379 e. The monoisotopic (exact) mass is 336 g/mol. The van der Waals surface area contributed by atoms with Crippen molar-refractivity contribution in [1.29, 1.82) is 0 Å².